The quantitative estimate of drug-likeness (QED) is 0.434. The summed E-state index contributed by atoms with van der Waals surface area (Å²) >= 11 is 0. The summed E-state index contributed by atoms with van der Waals surface area (Å²) in [4.78, 5) is 10.5. The first-order chi connectivity index (χ1) is 15.8. The average Bonchev–Trinajstić information content (AvgIpc) is 3.44. The largest absolute Gasteiger partial charge is 0.495 e. The number of anilines is 2. The second kappa shape index (κ2) is 7.95. The number of aromatic nitrogens is 5. The second-order valence-corrected chi connectivity index (χ2v) is 7.79. The van der Waals surface area contributed by atoms with E-state index in [4.69, 9.17) is 4.74 Å². The predicted octanol–water partition coefficient (Wildman–Crippen LogP) is 5.01. The fourth-order valence-corrected chi connectivity index (χ4v) is 4.04. The van der Waals surface area contributed by atoms with Gasteiger partial charge in [-0.3, -0.25) is 0 Å². The maximum Gasteiger partial charge on any atom is 0.418 e. The van der Waals surface area contributed by atoms with Crippen molar-refractivity contribution >= 4 is 11.6 Å². The first-order valence-corrected chi connectivity index (χ1v) is 10.4. The van der Waals surface area contributed by atoms with E-state index in [0.717, 1.165) is 17.4 Å². The molecule has 0 N–H and O–H groups in total. The van der Waals surface area contributed by atoms with Gasteiger partial charge < -0.3 is 14.2 Å². The highest BCUT2D eigenvalue weighted by Crippen LogP contribution is 2.40. The molecule has 0 atom stereocenters. The van der Waals surface area contributed by atoms with E-state index in [9.17, 15) is 13.2 Å². The molecule has 33 heavy (non-hydrogen) atoms. The first-order valence-electron chi connectivity index (χ1n) is 10.4. The molecule has 170 valence electrons. The molecular weight excluding hydrogens is 433 g/mol. The zero-order valence-electron chi connectivity index (χ0n) is 18.0. The Labute approximate surface area is 188 Å². The first kappa shape index (κ1) is 21.0. The lowest BCUT2D eigenvalue weighted by atomic mass is 10.1. The Bertz CT molecular complexity index is 1310. The maximum absolute atomic E-state index is 13.6. The number of nitrogens with zero attached hydrogens (tertiary/aromatic N) is 6. The summed E-state index contributed by atoms with van der Waals surface area (Å²) in [5, 5.41) is 4.58. The number of benzene rings is 2. The number of para-hydroxylation sites is 1. The molecule has 5 rings (SSSR count). The van der Waals surface area contributed by atoms with E-state index >= 15 is 0 Å². The molecule has 1 aliphatic heterocycles. The molecule has 0 spiro atoms. The zero-order chi connectivity index (χ0) is 23.2. The van der Waals surface area contributed by atoms with Crippen LogP contribution in [0.5, 0.6) is 5.75 Å². The van der Waals surface area contributed by atoms with Gasteiger partial charge in [0.25, 0.3) is 0 Å². The number of fused-ring (bicyclic) bond motifs is 1. The fourth-order valence-electron chi connectivity index (χ4n) is 4.04. The number of rotatable bonds is 4. The molecule has 0 bridgehead atoms. The van der Waals surface area contributed by atoms with Crippen molar-refractivity contribution in [1.82, 2.24) is 24.3 Å². The van der Waals surface area contributed by atoms with E-state index in [1.165, 1.54) is 12.1 Å². The van der Waals surface area contributed by atoms with Crippen molar-refractivity contribution in [3.05, 3.63) is 66.2 Å². The molecule has 2 aromatic carbocycles. The van der Waals surface area contributed by atoms with Crippen LogP contribution in [0.2, 0.25) is 0 Å². The standard InChI is InChI=1S/C23H21F3N6O/c1-15-13-30(14-27-15)19-9-8-16(12-20(19)33-2)21-28-22-31(10-5-11-32(22)29-21)18-7-4-3-6-17(18)23(24,25)26/h3-4,6-9,12-14H,5,10-11H2,1-2H3. The lowest BCUT2D eigenvalue weighted by Gasteiger charge is -2.29. The van der Waals surface area contributed by atoms with Gasteiger partial charge in [0, 0.05) is 24.8 Å². The number of methoxy groups -OCH3 is 1. The molecule has 7 nitrogen and oxygen atoms in total. The lowest BCUT2D eigenvalue weighted by Crippen LogP contribution is -2.30. The summed E-state index contributed by atoms with van der Waals surface area (Å²) in [5.41, 5.74) is 1.78. The summed E-state index contributed by atoms with van der Waals surface area (Å²) in [6.07, 6.45) is -0.210. The predicted molar refractivity (Wildman–Crippen MR) is 117 cm³/mol. The summed E-state index contributed by atoms with van der Waals surface area (Å²) in [6, 6.07) is 11.1. The fraction of sp³-hybridized carbons (Fsp3) is 0.261. The topological polar surface area (TPSA) is 61.0 Å². The Kier molecular flexibility index (Phi) is 5.07. The van der Waals surface area contributed by atoms with Gasteiger partial charge in [0.1, 0.15) is 5.75 Å². The summed E-state index contributed by atoms with van der Waals surface area (Å²) in [5.74, 6) is 1.42. The van der Waals surface area contributed by atoms with Crippen LogP contribution in [0.1, 0.15) is 17.7 Å². The monoisotopic (exact) mass is 454 g/mol. The van der Waals surface area contributed by atoms with E-state index < -0.39 is 11.7 Å². The molecule has 0 radical (unpaired) electrons. The Hall–Kier alpha value is -3.82. The van der Waals surface area contributed by atoms with Crippen LogP contribution < -0.4 is 9.64 Å². The maximum atomic E-state index is 13.6. The van der Waals surface area contributed by atoms with Crippen molar-refractivity contribution in [2.24, 2.45) is 0 Å². The van der Waals surface area contributed by atoms with Crippen LogP contribution in [0, 0.1) is 6.92 Å². The SMILES string of the molecule is COc1cc(-c2nc3n(n2)CCCN3c2ccccc2C(F)(F)F)ccc1-n1cnc(C)c1. The van der Waals surface area contributed by atoms with E-state index in [-0.39, 0.29) is 5.69 Å². The molecular formula is C23H21F3N6O. The summed E-state index contributed by atoms with van der Waals surface area (Å²) < 4.78 is 50.0. The number of ether oxygens (including phenoxy) is 1. The number of alkyl halides is 3. The van der Waals surface area contributed by atoms with Crippen LogP contribution in [0.25, 0.3) is 17.1 Å². The molecule has 0 aliphatic carbocycles. The van der Waals surface area contributed by atoms with Crippen molar-refractivity contribution in [1.29, 1.82) is 0 Å². The van der Waals surface area contributed by atoms with Crippen molar-refractivity contribution in [3.8, 4) is 22.8 Å². The Balaban J connectivity index is 1.55. The minimum Gasteiger partial charge on any atom is -0.495 e. The minimum atomic E-state index is -4.46. The van der Waals surface area contributed by atoms with Crippen LogP contribution in [-0.4, -0.2) is 38.0 Å². The van der Waals surface area contributed by atoms with Crippen LogP contribution in [-0.2, 0) is 12.7 Å². The highest BCUT2D eigenvalue weighted by Gasteiger charge is 2.36. The highest BCUT2D eigenvalue weighted by atomic mass is 19.4. The molecule has 0 unspecified atom stereocenters. The van der Waals surface area contributed by atoms with E-state index in [2.05, 4.69) is 15.1 Å². The van der Waals surface area contributed by atoms with Gasteiger partial charge in [0.05, 0.1) is 36.1 Å². The Morgan fingerprint density at radius 1 is 1.03 bits per heavy atom. The molecule has 0 saturated carbocycles. The molecule has 1 aliphatic rings. The molecule has 0 fully saturated rings. The molecule has 4 aromatic rings. The Morgan fingerprint density at radius 3 is 2.58 bits per heavy atom. The van der Waals surface area contributed by atoms with Gasteiger partial charge in [-0.25, -0.2) is 9.67 Å². The second-order valence-electron chi connectivity index (χ2n) is 7.79. The molecule has 3 heterocycles. The van der Waals surface area contributed by atoms with Gasteiger partial charge in [-0.15, -0.1) is 5.10 Å². The highest BCUT2D eigenvalue weighted by molar-refractivity contribution is 5.67. The minimum absolute atomic E-state index is 0.0771. The number of hydrogen-bond acceptors (Lipinski definition) is 5. The number of imidazole rings is 1. The normalized spacial score (nSPS) is 13.8. The van der Waals surface area contributed by atoms with Gasteiger partial charge in [0.2, 0.25) is 5.95 Å². The number of aryl methyl sites for hydroxylation is 2. The summed E-state index contributed by atoms with van der Waals surface area (Å²) in [6.45, 7) is 2.91. The van der Waals surface area contributed by atoms with Crippen LogP contribution in [0.4, 0.5) is 24.8 Å². The molecule has 0 amide bonds. The van der Waals surface area contributed by atoms with Crippen molar-refractivity contribution in [2.45, 2.75) is 26.1 Å². The van der Waals surface area contributed by atoms with Gasteiger partial charge >= 0.3 is 6.18 Å². The van der Waals surface area contributed by atoms with Crippen molar-refractivity contribution in [2.75, 3.05) is 18.6 Å². The van der Waals surface area contributed by atoms with Gasteiger partial charge in [-0.1, -0.05) is 12.1 Å². The van der Waals surface area contributed by atoms with Crippen molar-refractivity contribution in [3.63, 3.8) is 0 Å². The van der Waals surface area contributed by atoms with E-state index in [1.807, 2.05) is 35.9 Å². The molecule has 0 saturated heterocycles. The number of halogens is 3. The van der Waals surface area contributed by atoms with E-state index in [0.29, 0.717) is 42.6 Å². The average molecular weight is 454 g/mol. The third-order valence-corrected chi connectivity index (χ3v) is 5.57. The zero-order valence-corrected chi connectivity index (χ0v) is 18.0. The van der Waals surface area contributed by atoms with Crippen LogP contribution in [0.15, 0.2) is 55.0 Å². The van der Waals surface area contributed by atoms with Gasteiger partial charge in [-0.2, -0.15) is 18.2 Å². The lowest BCUT2D eigenvalue weighted by molar-refractivity contribution is -0.137. The summed E-state index contributed by atoms with van der Waals surface area (Å²) in [7, 11) is 1.58. The third kappa shape index (κ3) is 3.81. The van der Waals surface area contributed by atoms with Gasteiger partial charge in [-0.05, 0) is 43.7 Å². The number of hydrogen-bond donors (Lipinski definition) is 0. The van der Waals surface area contributed by atoms with Gasteiger partial charge in [0.15, 0.2) is 5.82 Å². The van der Waals surface area contributed by atoms with Crippen LogP contribution >= 0.6 is 0 Å². The van der Waals surface area contributed by atoms with E-state index in [1.54, 1.807) is 29.1 Å². The third-order valence-electron chi connectivity index (χ3n) is 5.57. The Morgan fingerprint density at radius 2 is 1.85 bits per heavy atom. The molecule has 2 aromatic heterocycles. The molecule has 10 heteroatoms. The van der Waals surface area contributed by atoms with Crippen LogP contribution in [0.3, 0.4) is 0 Å². The smallest absolute Gasteiger partial charge is 0.418 e. The van der Waals surface area contributed by atoms with Crippen molar-refractivity contribution < 1.29 is 17.9 Å².